The molecule has 6 atom stereocenters. The van der Waals surface area contributed by atoms with Crippen molar-refractivity contribution in [1.29, 1.82) is 0 Å². The molecule has 3 rings (SSSR count). The minimum atomic E-state index is -0.0846. The van der Waals surface area contributed by atoms with E-state index in [9.17, 15) is 0 Å². The molecule has 0 aliphatic heterocycles. The molecule has 2 bridgehead atoms. The van der Waals surface area contributed by atoms with Gasteiger partial charge in [-0.15, -0.1) is 0 Å². The molecule has 3 saturated carbocycles. The number of aliphatic hydroxyl groups excluding tert-OH is 1. The summed E-state index contributed by atoms with van der Waals surface area (Å²) in [5, 5.41) is 8.92. The van der Waals surface area contributed by atoms with Gasteiger partial charge in [-0.2, -0.15) is 0 Å². The van der Waals surface area contributed by atoms with E-state index >= 15 is 0 Å². The second kappa shape index (κ2) is 3.74. The van der Waals surface area contributed by atoms with E-state index in [1.54, 1.807) is 0 Å². The summed E-state index contributed by atoms with van der Waals surface area (Å²) < 4.78 is 5.51. The van der Waals surface area contributed by atoms with Crippen molar-refractivity contribution in [2.75, 3.05) is 6.79 Å². The third kappa shape index (κ3) is 1.53. The highest BCUT2D eigenvalue weighted by Gasteiger charge is 2.50. The Hall–Kier alpha value is -0.0800. The summed E-state index contributed by atoms with van der Waals surface area (Å²) in [6, 6.07) is 0. The molecule has 0 radical (unpaired) electrons. The molecule has 3 fully saturated rings. The second-order valence-electron chi connectivity index (χ2n) is 5.94. The van der Waals surface area contributed by atoms with Crippen molar-refractivity contribution in [1.82, 2.24) is 0 Å². The van der Waals surface area contributed by atoms with Crippen LogP contribution in [-0.2, 0) is 4.74 Å². The molecule has 0 heterocycles. The van der Waals surface area contributed by atoms with E-state index in [-0.39, 0.29) is 6.79 Å². The van der Waals surface area contributed by atoms with Crippen LogP contribution in [0.4, 0.5) is 0 Å². The van der Waals surface area contributed by atoms with E-state index < -0.39 is 0 Å². The van der Waals surface area contributed by atoms with Crippen LogP contribution < -0.4 is 0 Å². The maximum Gasteiger partial charge on any atom is 0.143 e. The molecule has 1 N–H and O–H groups in total. The van der Waals surface area contributed by atoms with Crippen molar-refractivity contribution in [2.45, 2.75) is 45.1 Å². The minimum absolute atomic E-state index is 0.0846. The fraction of sp³-hybridized carbons (Fsp3) is 1.00. The van der Waals surface area contributed by atoms with Gasteiger partial charge in [0.2, 0.25) is 0 Å². The van der Waals surface area contributed by atoms with Crippen molar-refractivity contribution in [2.24, 2.45) is 29.6 Å². The Bertz CT molecular complexity index is 241. The van der Waals surface area contributed by atoms with E-state index in [0.717, 1.165) is 29.6 Å². The molecule has 0 saturated heterocycles. The molecule has 0 aromatic carbocycles. The largest absolute Gasteiger partial charge is 0.371 e. The Kier molecular flexibility index (Phi) is 2.52. The zero-order valence-corrected chi connectivity index (χ0v) is 9.56. The van der Waals surface area contributed by atoms with Crippen LogP contribution in [0.1, 0.15) is 39.0 Å². The van der Waals surface area contributed by atoms with Gasteiger partial charge in [-0.25, -0.2) is 0 Å². The molecule has 0 aromatic rings. The van der Waals surface area contributed by atoms with Gasteiger partial charge < -0.3 is 9.84 Å². The van der Waals surface area contributed by atoms with Crippen LogP contribution in [0.2, 0.25) is 0 Å². The molecule has 0 amide bonds. The lowest BCUT2D eigenvalue weighted by molar-refractivity contribution is -0.102. The van der Waals surface area contributed by atoms with Crippen LogP contribution in [0.15, 0.2) is 0 Å². The maximum absolute atomic E-state index is 8.92. The van der Waals surface area contributed by atoms with Gasteiger partial charge in [0, 0.05) is 0 Å². The molecule has 2 heteroatoms. The average molecular weight is 210 g/mol. The zero-order chi connectivity index (χ0) is 10.4. The fourth-order valence-corrected chi connectivity index (χ4v) is 4.65. The number of hydrogen-bond donors (Lipinski definition) is 1. The molecule has 3 aliphatic rings. The number of hydrogen-bond acceptors (Lipinski definition) is 2. The average Bonchev–Trinajstić information content (AvgIpc) is 2.63. The van der Waals surface area contributed by atoms with E-state index in [4.69, 9.17) is 9.84 Å². The predicted octanol–water partition coefficient (Wildman–Crippen LogP) is 2.41. The van der Waals surface area contributed by atoms with Crippen molar-refractivity contribution in [3.05, 3.63) is 0 Å². The first-order valence-corrected chi connectivity index (χ1v) is 6.52. The summed E-state index contributed by atoms with van der Waals surface area (Å²) in [6.07, 6.45) is 7.16. The summed E-state index contributed by atoms with van der Waals surface area (Å²) >= 11 is 0. The van der Waals surface area contributed by atoms with E-state index in [1.807, 2.05) is 0 Å². The van der Waals surface area contributed by atoms with Gasteiger partial charge in [-0.05, 0) is 61.7 Å². The van der Waals surface area contributed by atoms with E-state index in [0.29, 0.717) is 6.10 Å². The van der Waals surface area contributed by atoms with Gasteiger partial charge in [0.25, 0.3) is 0 Å². The summed E-state index contributed by atoms with van der Waals surface area (Å²) in [7, 11) is 0. The molecular formula is C13H22O2. The zero-order valence-electron chi connectivity index (χ0n) is 9.56. The molecule has 0 spiro atoms. The maximum atomic E-state index is 8.92. The third-order valence-corrected chi connectivity index (χ3v) is 5.37. The number of aliphatic hydroxyl groups is 1. The molecule has 2 nitrogen and oxygen atoms in total. The van der Waals surface area contributed by atoms with Crippen LogP contribution >= 0.6 is 0 Å². The lowest BCUT2D eigenvalue weighted by atomic mass is 9.67. The smallest absolute Gasteiger partial charge is 0.143 e. The van der Waals surface area contributed by atoms with Gasteiger partial charge >= 0.3 is 0 Å². The van der Waals surface area contributed by atoms with Crippen LogP contribution in [0.3, 0.4) is 0 Å². The molecule has 15 heavy (non-hydrogen) atoms. The summed E-state index contributed by atoms with van der Waals surface area (Å²) in [6.45, 7) is 2.35. The lowest BCUT2D eigenvalue weighted by Crippen LogP contribution is -2.37. The van der Waals surface area contributed by atoms with Gasteiger partial charge in [0.05, 0.1) is 6.10 Å². The summed E-state index contributed by atoms with van der Waals surface area (Å²) in [5.41, 5.74) is 0. The molecular weight excluding hydrogens is 188 g/mol. The number of rotatable bonds is 2. The third-order valence-electron chi connectivity index (χ3n) is 5.37. The molecule has 86 valence electrons. The quantitative estimate of drug-likeness (QED) is 0.709. The first-order valence-electron chi connectivity index (χ1n) is 6.52. The fourth-order valence-electron chi connectivity index (χ4n) is 4.65. The minimum Gasteiger partial charge on any atom is -0.371 e. The van der Waals surface area contributed by atoms with Gasteiger partial charge in [0.15, 0.2) is 0 Å². The monoisotopic (exact) mass is 210 g/mol. The number of ether oxygens (including phenoxy) is 1. The highest BCUT2D eigenvalue weighted by atomic mass is 16.6. The second-order valence-corrected chi connectivity index (χ2v) is 5.94. The van der Waals surface area contributed by atoms with Crippen molar-refractivity contribution in [3.8, 4) is 0 Å². The van der Waals surface area contributed by atoms with Gasteiger partial charge in [0.1, 0.15) is 6.79 Å². The normalized spacial score (nSPS) is 53.2. The molecule has 3 aliphatic carbocycles. The Morgan fingerprint density at radius 1 is 1.07 bits per heavy atom. The highest BCUT2D eigenvalue weighted by molar-refractivity contribution is 5.00. The van der Waals surface area contributed by atoms with Crippen LogP contribution in [0.5, 0.6) is 0 Å². The Labute approximate surface area is 92.0 Å². The first kappa shape index (κ1) is 10.1. The van der Waals surface area contributed by atoms with E-state index in [2.05, 4.69) is 6.92 Å². The number of fused-ring (bicyclic) bond motifs is 1. The Balaban J connectivity index is 1.78. The lowest BCUT2D eigenvalue weighted by Gasteiger charge is -2.41. The molecule has 6 unspecified atom stereocenters. The molecule has 0 aromatic heterocycles. The van der Waals surface area contributed by atoms with Crippen LogP contribution in [0, 0.1) is 29.6 Å². The summed E-state index contributed by atoms with van der Waals surface area (Å²) in [5.74, 6) is 4.56. The first-order chi connectivity index (χ1) is 7.29. The highest BCUT2D eigenvalue weighted by Crippen LogP contribution is 2.57. The predicted molar refractivity (Wildman–Crippen MR) is 58.2 cm³/mol. The standard InChI is InChI=1S/C13H22O2/c1-8-4-9-2-3-13(15-7-14)12-6-10(8)5-11(9)12/h8-14H,2-7H2,1H3. The van der Waals surface area contributed by atoms with Crippen LogP contribution in [-0.4, -0.2) is 18.0 Å². The topological polar surface area (TPSA) is 29.5 Å². The van der Waals surface area contributed by atoms with Gasteiger partial charge in [-0.1, -0.05) is 6.92 Å². The SMILES string of the molecule is CC1CC2CCC(OCO)C3CC1CC23. The van der Waals surface area contributed by atoms with Crippen molar-refractivity contribution < 1.29 is 9.84 Å². The Morgan fingerprint density at radius 2 is 1.87 bits per heavy atom. The van der Waals surface area contributed by atoms with Gasteiger partial charge in [-0.3, -0.25) is 0 Å². The van der Waals surface area contributed by atoms with Crippen molar-refractivity contribution >= 4 is 0 Å². The summed E-state index contributed by atoms with van der Waals surface area (Å²) in [4.78, 5) is 0. The van der Waals surface area contributed by atoms with Crippen LogP contribution in [0.25, 0.3) is 0 Å². The van der Waals surface area contributed by atoms with Crippen molar-refractivity contribution in [3.63, 3.8) is 0 Å². The van der Waals surface area contributed by atoms with E-state index in [1.165, 1.54) is 32.1 Å². The Morgan fingerprint density at radius 3 is 2.67 bits per heavy atom.